The molecule has 0 heterocycles. The molecule has 2 rings (SSSR count). The predicted octanol–water partition coefficient (Wildman–Crippen LogP) is 1.44. The van der Waals surface area contributed by atoms with Crippen LogP contribution in [0.1, 0.15) is 41.4 Å². The number of benzene rings is 2. The Labute approximate surface area is 144 Å². The second-order valence-corrected chi connectivity index (χ2v) is 5.06. The SMILES string of the molecule is O=C(O)c1cc(NC(=O)c2cc(O)cc(C(=O)O)c2O)cc(C(=O)O)c1. The number of carbonyl (C=O) groups excluding carboxylic acids is 1. The minimum atomic E-state index is -1.59. The summed E-state index contributed by atoms with van der Waals surface area (Å²) < 4.78 is 0. The van der Waals surface area contributed by atoms with Crippen molar-refractivity contribution in [3.63, 3.8) is 0 Å². The fourth-order valence-corrected chi connectivity index (χ4v) is 2.10. The summed E-state index contributed by atoms with van der Waals surface area (Å²) in [6.07, 6.45) is 0. The van der Waals surface area contributed by atoms with E-state index in [1.807, 2.05) is 0 Å². The number of phenolic OH excluding ortho intramolecular Hbond substituents is 1. The Morgan fingerprint density at radius 1 is 0.692 bits per heavy atom. The van der Waals surface area contributed by atoms with Gasteiger partial charge in [-0.15, -0.1) is 0 Å². The van der Waals surface area contributed by atoms with Crippen LogP contribution >= 0.6 is 0 Å². The molecular weight excluding hydrogens is 350 g/mol. The molecule has 1 amide bonds. The van der Waals surface area contributed by atoms with Gasteiger partial charge in [0, 0.05) is 5.69 Å². The van der Waals surface area contributed by atoms with Crippen molar-refractivity contribution in [3.8, 4) is 11.5 Å². The van der Waals surface area contributed by atoms with E-state index in [9.17, 15) is 29.4 Å². The first-order valence-corrected chi connectivity index (χ1v) is 6.82. The maximum absolute atomic E-state index is 12.3. The highest BCUT2D eigenvalue weighted by molar-refractivity contribution is 6.09. The van der Waals surface area contributed by atoms with Crippen molar-refractivity contribution in [1.29, 1.82) is 0 Å². The van der Waals surface area contributed by atoms with Crippen LogP contribution in [0.2, 0.25) is 0 Å². The van der Waals surface area contributed by atoms with Crippen LogP contribution in [0, 0.1) is 0 Å². The van der Waals surface area contributed by atoms with Crippen LogP contribution in [0.3, 0.4) is 0 Å². The molecule has 2 aromatic rings. The molecule has 26 heavy (non-hydrogen) atoms. The van der Waals surface area contributed by atoms with Gasteiger partial charge in [-0.1, -0.05) is 0 Å². The van der Waals surface area contributed by atoms with Gasteiger partial charge in [-0.25, -0.2) is 14.4 Å². The van der Waals surface area contributed by atoms with Gasteiger partial charge >= 0.3 is 17.9 Å². The van der Waals surface area contributed by atoms with Crippen molar-refractivity contribution in [2.75, 3.05) is 5.32 Å². The summed E-state index contributed by atoms with van der Waals surface area (Å²) in [5.41, 5.74) is -2.36. The number of carbonyl (C=O) groups is 4. The molecule has 10 nitrogen and oxygen atoms in total. The summed E-state index contributed by atoms with van der Waals surface area (Å²) >= 11 is 0. The Morgan fingerprint density at radius 3 is 1.65 bits per heavy atom. The normalized spacial score (nSPS) is 10.2. The Bertz CT molecular complexity index is 917. The van der Waals surface area contributed by atoms with Gasteiger partial charge in [0.1, 0.15) is 17.1 Å². The number of anilines is 1. The second kappa shape index (κ2) is 6.81. The van der Waals surface area contributed by atoms with Gasteiger partial charge in [-0.05, 0) is 30.3 Å². The number of nitrogens with one attached hydrogen (secondary N) is 1. The van der Waals surface area contributed by atoms with Gasteiger partial charge in [-0.2, -0.15) is 0 Å². The minimum Gasteiger partial charge on any atom is -0.508 e. The summed E-state index contributed by atoms with van der Waals surface area (Å²) in [5, 5.41) is 48.5. The van der Waals surface area contributed by atoms with E-state index in [4.69, 9.17) is 15.3 Å². The molecule has 10 heteroatoms. The summed E-state index contributed by atoms with van der Waals surface area (Å²) in [7, 11) is 0. The van der Waals surface area contributed by atoms with Crippen molar-refractivity contribution < 1.29 is 44.7 Å². The topological polar surface area (TPSA) is 181 Å². The number of amides is 1. The van der Waals surface area contributed by atoms with Gasteiger partial charge < -0.3 is 30.8 Å². The van der Waals surface area contributed by atoms with Crippen LogP contribution in [-0.2, 0) is 0 Å². The molecule has 0 aromatic heterocycles. The molecule has 134 valence electrons. The Balaban J connectivity index is 2.46. The third-order valence-corrected chi connectivity index (χ3v) is 3.25. The predicted molar refractivity (Wildman–Crippen MR) is 85.0 cm³/mol. The van der Waals surface area contributed by atoms with Crippen LogP contribution in [0.25, 0.3) is 0 Å². The summed E-state index contributed by atoms with van der Waals surface area (Å²) in [6.45, 7) is 0. The molecular formula is C16H11NO9. The first kappa shape index (κ1) is 18.3. The molecule has 0 radical (unpaired) electrons. The van der Waals surface area contributed by atoms with Gasteiger partial charge in [0.15, 0.2) is 0 Å². The number of carboxylic acid groups (broad SMARTS) is 3. The molecule has 0 saturated heterocycles. The van der Waals surface area contributed by atoms with E-state index < -0.39 is 57.6 Å². The van der Waals surface area contributed by atoms with E-state index in [-0.39, 0.29) is 5.69 Å². The zero-order chi connectivity index (χ0) is 19.6. The zero-order valence-corrected chi connectivity index (χ0v) is 12.8. The lowest BCUT2D eigenvalue weighted by Crippen LogP contribution is -2.15. The van der Waals surface area contributed by atoms with E-state index >= 15 is 0 Å². The average Bonchev–Trinajstić information content (AvgIpc) is 2.55. The second-order valence-electron chi connectivity index (χ2n) is 5.06. The molecule has 0 unspecified atom stereocenters. The maximum Gasteiger partial charge on any atom is 0.339 e. The zero-order valence-electron chi connectivity index (χ0n) is 12.8. The molecule has 0 saturated carbocycles. The number of aromatic carboxylic acids is 3. The van der Waals surface area contributed by atoms with Gasteiger partial charge in [0.25, 0.3) is 5.91 Å². The lowest BCUT2D eigenvalue weighted by Gasteiger charge is -2.11. The standard InChI is InChI=1S/C16H11NO9/c18-9-4-10(12(19)11(5-9)16(25)26)13(20)17-8-2-6(14(21)22)1-7(3-8)15(23)24/h1-5,18-19H,(H,17,20)(H,21,22)(H,23,24)(H,25,26). The number of hydrogen-bond acceptors (Lipinski definition) is 6. The molecule has 2 aromatic carbocycles. The molecule has 0 spiro atoms. The molecule has 0 atom stereocenters. The Hall–Kier alpha value is -4.08. The van der Waals surface area contributed by atoms with Gasteiger partial charge in [0.05, 0.1) is 16.7 Å². The summed E-state index contributed by atoms with van der Waals surface area (Å²) in [5.74, 6) is -7.06. The van der Waals surface area contributed by atoms with Crippen molar-refractivity contribution in [2.45, 2.75) is 0 Å². The van der Waals surface area contributed by atoms with Crippen molar-refractivity contribution in [3.05, 3.63) is 52.6 Å². The van der Waals surface area contributed by atoms with Crippen LogP contribution in [0.5, 0.6) is 11.5 Å². The number of carboxylic acids is 3. The lowest BCUT2D eigenvalue weighted by molar-refractivity contribution is 0.0679. The average molecular weight is 361 g/mol. The number of hydrogen-bond donors (Lipinski definition) is 6. The molecule has 0 aliphatic carbocycles. The van der Waals surface area contributed by atoms with Crippen LogP contribution in [0.4, 0.5) is 5.69 Å². The van der Waals surface area contributed by atoms with E-state index in [0.29, 0.717) is 0 Å². The van der Waals surface area contributed by atoms with E-state index in [1.165, 1.54) is 0 Å². The summed E-state index contributed by atoms with van der Waals surface area (Å²) in [6, 6.07) is 4.38. The van der Waals surface area contributed by atoms with E-state index in [1.54, 1.807) is 0 Å². The maximum atomic E-state index is 12.3. The van der Waals surface area contributed by atoms with Crippen molar-refractivity contribution in [2.24, 2.45) is 0 Å². The Morgan fingerprint density at radius 2 is 1.19 bits per heavy atom. The molecule has 0 fully saturated rings. The lowest BCUT2D eigenvalue weighted by atomic mass is 10.1. The van der Waals surface area contributed by atoms with E-state index in [2.05, 4.69) is 5.32 Å². The minimum absolute atomic E-state index is 0.216. The number of aromatic hydroxyl groups is 2. The highest BCUT2D eigenvalue weighted by atomic mass is 16.4. The molecule has 0 aliphatic heterocycles. The number of phenols is 2. The highest BCUT2D eigenvalue weighted by Gasteiger charge is 2.21. The van der Waals surface area contributed by atoms with Gasteiger partial charge in [-0.3, -0.25) is 4.79 Å². The fourth-order valence-electron chi connectivity index (χ4n) is 2.10. The van der Waals surface area contributed by atoms with Crippen LogP contribution in [0.15, 0.2) is 30.3 Å². The third kappa shape index (κ3) is 3.70. The van der Waals surface area contributed by atoms with Gasteiger partial charge in [0.2, 0.25) is 0 Å². The first-order valence-electron chi connectivity index (χ1n) is 6.82. The van der Waals surface area contributed by atoms with Crippen molar-refractivity contribution in [1.82, 2.24) is 0 Å². The molecule has 0 aliphatic rings. The van der Waals surface area contributed by atoms with Crippen LogP contribution in [-0.4, -0.2) is 49.3 Å². The summed E-state index contributed by atoms with van der Waals surface area (Å²) in [4.78, 5) is 45.4. The third-order valence-electron chi connectivity index (χ3n) is 3.25. The molecule has 6 N–H and O–H groups in total. The first-order chi connectivity index (χ1) is 12.1. The molecule has 0 bridgehead atoms. The van der Waals surface area contributed by atoms with Crippen LogP contribution < -0.4 is 5.32 Å². The largest absolute Gasteiger partial charge is 0.508 e. The van der Waals surface area contributed by atoms with E-state index in [0.717, 1.165) is 30.3 Å². The monoisotopic (exact) mass is 361 g/mol. The highest BCUT2D eigenvalue weighted by Crippen LogP contribution is 2.29. The smallest absolute Gasteiger partial charge is 0.339 e. The van der Waals surface area contributed by atoms with Crippen molar-refractivity contribution >= 4 is 29.5 Å². The number of rotatable bonds is 5. The Kier molecular flexibility index (Phi) is 4.78. The fraction of sp³-hybridized carbons (Fsp3) is 0. The quantitative estimate of drug-likeness (QED) is 0.429.